The van der Waals surface area contributed by atoms with Crippen LogP contribution in [0.25, 0.3) is 11.4 Å². The first-order valence-corrected chi connectivity index (χ1v) is 6.78. The van der Waals surface area contributed by atoms with Gasteiger partial charge in [-0.3, -0.25) is 0 Å². The van der Waals surface area contributed by atoms with Crippen LogP contribution < -0.4 is 5.32 Å². The maximum atomic E-state index is 13.0. The summed E-state index contributed by atoms with van der Waals surface area (Å²) >= 11 is 0. The fourth-order valence-electron chi connectivity index (χ4n) is 2.57. The van der Waals surface area contributed by atoms with Crippen molar-refractivity contribution in [3.63, 3.8) is 0 Å². The number of halogens is 1. The normalized spacial score (nSPS) is 12.4. The smallest absolute Gasteiger partial charge is 0.159 e. The maximum Gasteiger partial charge on any atom is 0.159 e. The van der Waals surface area contributed by atoms with Crippen molar-refractivity contribution >= 4 is 0 Å². The van der Waals surface area contributed by atoms with Crippen LogP contribution in [0.15, 0.2) is 24.3 Å². The zero-order valence-electron chi connectivity index (χ0n) is 12.4. The molecule has 0 fully saturated rings. The molecule has 0 saturated carbocycles. The second-order valence-corrected chi connectivity index (χ2v) is 5.10. The van der Waals surface area contributed by atoms with Crippen molar-refractivity contribution in [2.24, 2.45) is 0 Å². The molecule has 2 aromatic rings. The Kier molecular flexibility index (Phi) is 4.45. The minimum atomic E-state index is -0.249. The highest BCUT2D eigenvalue weighted by Gasteiger charge is 2.15. The van der Waals surface area contributed by atoms with E-state index in [9.17, 15) is 4.39 Å². The molecule has 1 heterocycles. The highest BCUT2D eigenvalue weighted by molar-refractivity contribution is 5.55. The summed E-state index contributed by atoms with van der Waals surface area (Å²) in [5.74, 6) is 0.768. The van der Waals surface area contributed by atoms with E-state index in [1.807, 2.05) is 20.9 Å². The second-order valence-electron chi connectivity index (χ2n) is 5.10. The van der Waals surface area contributed by atoms with Gasteiger partial charge in [0.2, 0.25) is 0 Å². The molecule has 0 aliphatic heterocycles. The molecule has 4 heteroatoms. The third kappa shape index (κ3) is 3.02. The van der Waals surface area contributed by atoms with Gasteiger partial charge in [-0.2, -0.15) is 0 Å². The Morgan fingerprint density at radius 1 is 1.10 bits per heavy atom. The Hall–Kier alpha value is -1.81. The van der Waals surface area contributed by atoms with E-state index >= 15 is 0 Å². The molecular formula is C16H20FN3. The number of likely N-dealkylation sites (N-methyl/N-ethyl adjacent to an activating group) is 1. The Labute approximate surface area is 119 Å². The van der Waals surface area contributed by atoms with Crippen molar-refractivity contribution < 1.29 is 4.39 Å². The number of benzene rings is 1. The number of aromatic nitrogens is 2. The summed E-state index contributed by atoms with van der Waals surface area (Å²) in [6.45, 7) is 7.06. The number of nitrogens with one attached hydrogen (secondary N) is 1. The van der Waals surface area contributed by atoms with Crippen LogP contribution in [-0.4, -0.2) is 23.6 Å². The van der Waals surface area contributed by atoms with E-state index in [1.165, 1.54) is 17.7 Å². The van der Waals surface area contributed by atoms with Crippen molar-refractivity contribution in [1.82, 2.24) is 15.3 Å². The molecule has 0 bridgehead atoms. The van der Waals surface area contributed by atoms with Crippen LogP contribution >= 0.6 is 0 Å². The molecule has 0 amide bonds. The number of rotatable bonds is 4. The van der Waals surface area contributed by atoms with E-state index < -0.39 is 0 Å². The zero-order valence-corrected chi connectivity index (χ0v) is 12.4. The van der Waals surface area contributed by atoms with Gasteiger partial charge in [0.25, 0.3) is 0 Å². The maximum absolute atomic E-state index is 13.0. The van der Waals surface area contributed by atoms with E-state index in [0.717, 1.165) is 23.5 Å². The van der Waals surface area contributed by atoms with Gasteiger partial charge in [-0.1, -0.05) is 6.92 Å². The molecule has 0 spiro atoms. The van der Waals surface area contributed by atoms with Crippen molar-refractivity contribution in [2.75, 3.05) is 13.6 Å². The predicted molar refractivity (Wildman–Crippen MR) is 79.2 cm³/mol. The van der Waals surface area contributed by atoms with Gasteiger partial charge in [0.05, 0.1) is 0 Å². The van der Waals surface area contributed by atoms with Crippen LogP contribution in [-0.2, 0) is 0 Å². The van der Waals surface area contributed by atoms with Crippen LogP contribution in [0.2, 0.25) is 0 Å². The molecule has 0 aliphatic rings. The summed E-state index contributed by atoms with van der Waals surface area (Å²) in [7, 11) is 1.94. The fourth-order valence-corrected chi connectivity index (χ4v) is 2.57. The topological polar surface area (TPSA) is 37.8 Å². The summed E-state index contributed by atoms with van der Waals surface area (Å²) in [4.78, 5) is 9.15. The van der Waals surface area contributed by atoms with E-state index in [2.05, 4.69) is 22.2 Å². The van der Waals surface area contributed by atoms with Gasteiger partial charge >= 0.3 is 0 Å². The third-order valence-electron chi connectivity index (χ3n) is 3.43. The van der Waals surface area contributed by atoms with Gasteiger partial charge in [-0.15, -0.1) is 0 Å². The largest absolute Gasteiger partial charge is 0.319 e. The van der Waals surface area contributed by atoms with Gasteiger partial charge in [0.1, 0.15) is 5.82 Å². The number of nitrogens with zero attached hydrogens (tertiary/aromatic N) is 2. The molecule has 106 valence electrons. The molecule has 1 atom stereocenters. The first-order chi connectivity index (χ1) is 9.52. The first-order valence-electron chi connectivity index (χ1n) is 6.78. The molecular weight excluding hydrogens is 253 g/mol. The average molecular weight is 273 g/mol. The summed E-state index contributed by atoms with van der Waals surface area (Å²) in [5.41, 5.74) is 4.00. The summed E-state index contributed by atoms with van der Waals surface area (Å²) in [6.07, 6.45) is 0. The summed E-state index contributed by atoms with van der Waals surface area (Å²) in [6, 6.07) is 6.28. The molecule has 1 unspecified atom stereocenters. The SMILES string of the molecule is CNCC(C)c1c(C)nc(-c2ccc(F)cc2)nc1C. The number of aryl methyl sites for hydroxylation is 2. The van der Waals surface area contributed by atoms with E-state index in [4.69, 9.17) is 0 Å². The molecule has 0 radical (unpaired) electrons. The van der Waals surface area contributed by atoms with E-state index in [-0.39, 0.29) is 5.82 Å². The van der Waals surface area contributed by atoms with Crippen LogP contribution in [0.5, 0.6) is 0 Å². The Morgan fingerprint density at radius 3 is 2.15 bits per heavy atom. The third-order valence-corrected chi connectivity index (χ3v) is 3.43. The van der Waals surface area contributed by atoms with Gasteiger partial charge in [0.15, 0.2) is 5.82 Å². The molecule has 1 aromatic carbocycles. The van der Waals surface area contributed by atoms with E-state index in [1.54, 1.807) is 12.1 Å². The molecule has 3 nitrogen and oxygen atoms in total. The molecule has 1 aromatic heterocycles. The lowest BCUT2D eigenvalue weighted by Crippen LogP contribution is -2.17. The molecule has 0 aliphatic carbocycles. The lowest BCUT2D eigenvalue weighted by molar-refractivity contribution is 0.628. The molecule has 2 rings (SSSR count). The van der Waals surface area contributed by atoms with E-state index in [0.29, 0.717) is 11.7 Å². The highest BCUT2D eigenvalue weighted by Crippen LogP contribution is 2.24. The monoisotopic (exact) mass is 273 g/mol. The van der Waals surface area contributed by atoms with Crippen LogP contribution in [0, 0.1) is 19.7 Å². The first kappa shape index (κ1) is 14.6. The summed E-state index contributed by atoms with van der Waals surface area (Å²) in [5, 5.41) is 3.18. The fraction of sp³-hybridized carbons (Fsp3) is 0.375. The predicted octanol–water partition coefficient (Wildman–Crippen LogP) is 3.22. The molecule has 0 saturated heterocycles. The van der Waals surface area contributed by atoms with Crippen molar-refractivity contribution in [1.29, 1.82) is 0 Å². The van der Waals surface area contributed by atoms with Crippen molar-refractivity contribution in [2.45, 2.75) is 26.7 Å². The van der Waals surface area contributed by atoms with Crippen LogP contribution in [0.4, 0.5) is 4.39 Å². The standard InChI is InChI=1S/C16H20FN3/c1-10(9-18-4)15-11(2)19-16(20-12(15)3)13-5-7-14(17)8-6-13/h5-8,10,18H,9H2,1-4H3. The Bertz CT molecular complexity index is 570. The van der Waals surface area contributed by atoms with Crippen LogP contribution in [0.3, 0.4) is 0 Å². The molecule has 1 N–H and O–H groups in total. The Balaban J connectivity index is 2.42. The number of hydrogen-bond donors (Lipinski definition) is 1. The average Bonchev–Trinajstić information content (AvgIpc) is 2.39. The lowest BCUT2D eigenvalue weighted by atomic mass is 9.98. The lowest BCUT2D eigenvalue weighted by Gasteiger charge is -2.17. The second kappa shape index (κ2) is 6.09. The van der Waals surface area contributed by atoms with Gasteiger partial charge in [-0.25, -0.2) is 14.4 Å². The highest BCUT2D eigenvalue weighted by atomic mass is 19.1. The number of hydrogen-bond acceptors (Lipinski definition) is 3. The minimum Gasteiger partial charge on any atom is -0.319 e. The van der Waals surface area contributed by atoms with Gasteiger partial charge in [0, 0.05) is 23.5 Å². The van der Waals surface area contributed by atoms with Gasteiger partial charge < -0.3 is 5.32 Å². The quantitative estimate of drug-likeness (QED) is 0.929. The van der Waals surface area contributed by atoms with Crippen LogP contribution in [0.1, 0.15) is 29.8 Å². The summed E-state index contributed by atoms with van der Waals surface area (Å²) < 4.78 is 13.0. The molecule has 20 heavy (non-hydrogen) atoms. The Morgan fingerprint density at radius 2 is 1.65 bits per heavy atom. The van der Waals surface area contributed by atoms with Crippen molar-refractivity contribution in [3.05, 3.63) is 47.0 Å². The van der Waals surface area contributed by atoms with Crippen molar-refractivity contribution in [3.8, 4) is 11.4 Å². The van der Waals surface area contributed by atoms with Gasteiger partial charge in [-0.05, 0) is 56.6 Å². The minimum absolute atomic E-state index is 0.249. The zero-order chi connectivity index (χ0) is 14.7.